The molecule has 0 bridgehead atoms. The molecule has 0 atom stereocenters. The lowest BCUT2D eigenvalue weighted by Gasteiger charge is -2.08. The molecule has 18 heavy (non-hydrogen) atoms. The monoisotopic (exact) mass is 261 g/mol. The molecule has 0 aromatic carbocycles. The number of hydrogen-bond acceptors (Lipinski definition) is 3. The van der Waals surface area contributed by atoms with Gasteiger partial charge in [-0.1, -0.05) is 17.7 Å². The summed E-state index contributed by atoms with van der Waals surface area (Å²) in [6, 6.07) is 5.33. The molecule has 0 fully saturated rings. The van der Waals surface area contributed by atoms with Crippen molar-refractivity contribution >= 4 is 23.2 Å². The summed E-state index contributed by atoms with van der Waals surface area (Å²) < 4.78 is 0. The summed E-state index contributed by atoms with van der Waals surface area (Å²) in [5.74, 6) is -0.129. The molecule has 1 amide bonds. The van der Waals surface area contributed by atoms with Crippen molar-refractivity contribution in [1.29, 1.82) is 0 Å². The number of anilines is 1. The largest absolute Gasteiger partial charge is 0.324 e. The summed E-state index contributed by atoms with van der Waals surface area (Å²) >= 11 is 6.05. The molecule has 0 aliphatic heterocycles. The maximum Gasteiger partial charge on any atom is 0.228 e. The molecular formula is C13H12ClN3O. The Hall–Kier alpha value is -1.94. The molecule has 0 saturated carbocycles. The summed E-state index contributed by atoms with van der Waals surface area (Å²) in [5.41, 5.74) is 2.13. The fourth-order valence-electron chi connectivity index (χ4n) is 1.53. The highest BCUT2D eigenvalue weighted by molar-refractivity contribution is 6.34. The number of hydrogen-bond donors (Lipinski definition) is 1. The summed E-state index contributed by atoms with van der Waals surface area (Å²) in [6.45, 7) is 1.79. The average Bonchev–Trinajstić information content (AvgIpc) is 2.36. The van der Waals surface area contributed by atoms with Gasteiger partial charge in [0.2, 0.25) is 5.91 Å². The molecule has 4 nitrogen and oxygen atoms in total. The lowest BCUT2D eigenvalue weighted by Crippen LogP contribution is -2.15. The van der Waals surface area contributed by atoms with Crippen molar-refractivity contribution < 1.29 is 4.79 Å². The van der Waals surface area contributed by atoms with Crippen molar-refractivity contribution in [2.75, 3.05) is 5.32 Å². The first-order valence-corrected chi connectivity index (χ1v) is 5.84. The highest BCUT2D eigenvalue weighted by Crippen LogP contribution is 2.23. The highest BCUT2D eigenvalue weighted by Gasteiger charge is 2.08. The number of carbonyl (C=O) groups excluding carboxylic acids is 1. The van der Waals surface area contributed by atoms with Gasteiger partial charge in [0.25, 0.3) is 0 Å². The molecule has 5 heteroatoms. The van der Waals surface area contributed by atoms with E-state index in [1.54, 1.807) is 37.6 Å². The summed E-state index contributed by atoms with van der Waals surface area (Å²) in [7, 11) is 0. The molecule has 0 spiro atoms. The Labute approximate surface area is 110 Å². The zero-order chi connectivity index (χ0) is 13.0. The third-order valence-electron chi connectivity index (χ3n) is 2.43. The number of pyridine rings is 2. The third-order valence-corrected chi connectivity index (χ3v) is 2.90. The predicted molar refractivity (Wildman–Crippen MR) is 70.6 cm³/mol. The normalized spacial score (nSPS) is 10.1. The van der Waals surface area contributed by atoms with Gasteiger partial charge in [0.1, 0.15) is 0 Å². The zero-order valence-electron chi connectivity index (χ0n) is 9.85. The lowest BCUT2D eigenvalue weighted by atomic mass is 10.2. The molecule has 0 unspecified atom stereocenters. The first-order chi connectivity index (χ1) is 8.66. The number of nitrogens with one attached hydrogen (secondary N) is 1. The van der Waals surface area contributed by atoms with E-state index in [-0.39, 0.29) is 12.3 Å². The van der Waals surface area contributed by atoms with E-state index in [1.807, 2.05) is 6.07 Å². The van der Waals surface area contributed by atoms with Gasteiger partial charge in [-0.25, -0.2) is 0 Å². The Balaban J connectivity index is 2.06. The minimum Gasteiger partial charge on any atom is -0.324 e. The van der Waals surface area contributed by atoms with E-state index >= 15 is 0 Å². The number of aromatic nitrogens is 2. The summed E-state index contributed by atoms with van der Waals surface area (Å²) in [6.07, 6.45) is 5.22. The quantitative estimate of drug-likeness (QED) is 0.924. The van der Waals surface area contributed by atoms with Crippen LogP contribution in [0.15, 0.2) is 36.8 Å². The molecule has 2 rings (SSSR count). The molecule has 2 aromatic heterocycles. The van der Waals surface area contributed by atoms with Crippen molar-refractivity contribution in [1.82, 2.24) is 9.97 Å². The predicted octanol–water partition coefficient (Wildman–Crippen LogP) is 2.62. The number of carbonyl (C=O) groups is 1. The van der Waals surface area contributed by atoms with Crippen LogP contribution >= 0.6 is 11.6 Å². The van der Waals surface area contributed by atoms with E-state index in [2.05, 4.69) is 15.3 Å². The second-order valence-corrected chi connectivity index (χ2v) is 4.22. The van der Waals surface area contributed by atoms with E-state index in [0.717, 1.165) is 5.56 Å². The lowest BCUT2D eigenvalue weighted by molar-refractivity contribution is -0.115. The van der Waals surface area contributed by atoms with Crippen LogP contribution in [0, 0.1) is 6.92 Å². The first kappa shape index (κ1) is 12.5. The molecule has 2 aromatic rings. The van der Waals surface area contributed by atoms with Crippen molar-refractivity contribution in [3.8, 4) is 0 Å². The van der Waals surface area contributed by atoms with Gasteiger partial charge in [-0.2, -0.15) is 0 Å². The second kappa shape index (κ2) is 5.60. The van der Waals surface area contributed by atoms with E-state index in [9.17, 15) is 4.79 Å². The topological polar surface area (TPSA) is 54.9 Å². The Kier molecular flexibility index (Phi) is 3.89. The van der Waals surface area contributed by atoms with Crippen LogP contribution in [0.3, 0.4) is 0 Å². The summed E-state index contributed by atoms with van der Waals surface area (Å²) in [4.78, 5) is 19.8. The van der Waals surface area contributed by atoms with Crippen LogP contribution in [0.4, 0.5) is 5.69 Å². The van der Waals surface area contributed by atoms with Crippen LogP contribution in [-0.4, -0.2) is 15.9 Å². The number of aryl methyl sites for hydroxylation is 1. The molecule has 0 saturated heterocycles. The molecule has 92 valence electrons. The van der Waals surface area contributed by atoms with Crippen molar-refractivity contribution in [2.24, 2.45) is 0 Å². The van der Waals surface area contributed by atoms with Crippen LogP contribution in [0.1, 0.15) is 11.3 Å². The standard InChI is InChI=1S/C13H12ClN3O/c1-9-13(14)11(4-6-16-9)17-12(18)7-10-3-2-5-15-8-10/h2-6,8H,7H2,1H3,(H,16,17,18). The second-order valence-electron chi connectivity index (χ2n) is 3.84. The molecular weight excluding hydrogens is 250 g/mol. The fourth-order valence-corrected chi connectivity index (χ4v) is 1.69. The van der Waals surface area contributed by atoms with Crippen LogP contribution in [-0.2, 0) is 11.2 Å². The van der Waals surface area contributed by atoms with Gasteiger partial charge >= 0.3 is 0 Å². The van der Waals surface area contributed by atoms with E-state index in [4.69, 9.17) is 11.6 Å². The Morgan fingerprint density at radius 2 is 2.22 bits per heavy atom. The minimum absolute atomic E-state index is 0.129. The average molecular weight is 262 g/mol. The van der Waals surface area contributed by atoms with Crippen molar-refractivity contribution in [3.05, 3.63) is 53.1 Å². The highest BCUT2D eigenvalue weighted by atomic mass is 35.5. The third kappa shape index (κ3) is 3.05. The van der Waals surface area contributed by atoms with E-state index < -0.39 is 0 Å². The Morgan fingerprint density at radius 3 is 2.94 bits per heavy atom. The SMILES string of the molecule is Cc1nccc(NC(=O)Cc2cccnc2)c1Cl. The zero-order valence-corrected chi connectivity index (χ0v) is 10.6. The number of rotatable bonds is 3. The number of amides is 1. The van der Waals surface area contributed by atoms with Gasteiger partial charge in [0.15, 0.2) is 0 Å². The summed E-state index contributed by atoms with van der Waals surface area (Å²) in [5, 5.41) is 3.23. The smallest absolute Gasteiger partial charge is 0.228 e. The Bertz CT molecular complexity index is 557. The molecule has 1 N–H and O–H groups in total. The van der Waals surface area contributed by atoms with Crippen molar-refractivity contribution in [3.63, 3.8) is 0 Å². The van der Waals surface area contributed by atoms with E-state index in [1.165, 1.54) is 0 Å². The molecule has 0 aliphatic rings. The van der Waals surface area contributed by atoms with Gasteiger partial charge in [-0.3, -0.25) is 14.8 Å². The first-order valence-electron chi connectivity index (χ1n) is 5.46. The fraction of sp³-hybridized carbons (Fsp3) is 0.154. The number of nitrogens with zero attached hydrogens (tertiary/aromatic N) is 2. The molecule has 0 radical (unpaired) electrons. The minimum atomic E-state index is -0.129. The van der Waals surface area contributed by atoms with Gasteiger partial charge in [-0.15, -0.1) is 0 Å². The maximum absolute atomic E-state index is 11.8. The van der Waals surface area contributed by atoms with Crippen molar-refractivity contribution in [2.45, 2.75) is 13.3 Å². The van der Waals surface area contributed by atoms with Gasteiger partial charge in [0.05, 0.1) is 22.8 Å². The molecule has 0 aliphatic carbocycles. The Morgan fingerprint density at radius 1 is 1.39 bits per heavy atom. The maximum atomic E-state index is 11.8. The van der Waals surface area contributed by atoms with Crippen LogP contribution in [0.2, 0.25) is 5.02 Å². The van der Waals surface area contributed by atoms with Gasteiger partial charge in [0, 0.05) is 18.6 Å². The molecule has 2 heterocycles. The van der Waals surface area contributed by atoms with Crippen LogP contribution in [0.5, 0.6) is 0 Å². The van der Waals surface area contributed by atoms with Gasteiger partial charge < -0.3 is 5.32 Å². The van der Waals surface area contributed by atoms with Gasteiger partial charge in [-0.05, 0) is 24.6 Å². The van der Waals surface area contributed by atoms with E-state index in [0.29, 0.717) is 16.4 Å². The van der Waals surface area contributed by atoms with Crippen LogP contribution in [0.25, 0.3) is 0 Å². The number of halogens is 1. The van der Waals surface area contributed by atoms with Crippen LogP contribution < -0.4 is 5.32 Å².